The molecule has 2 nitrogen and oxygen atoms in total. The number of nitrogens with zero attached hydrogens (tertiary/aromatic N) is 2. The lowest BCUT2D eigenvalue weighted by molar-refractivity contribution is 0.356. The van der Waals surface area contributed by atoms with Crippen molar-refractivity contribution in [1.82, 2.24) is 9.47 Å². The van der Waals surface area contributed by atoms with E-state index >= 15 is 0 Å². The van der Waals surface area contributed by atoms with E-state index < -0.39 is 0 Å². The van der Waals surface area contributed by atoms with Crippen LogP contribution < -0.4 is 0 Å². The highest BCUT2D eigenvalue weighted by atomic mass is 15.2. The van der Waals surface area contributed by atoms with E-state index in [1.54, 1.807) is 5.56 Å². The predicted octanol–water partition coefficient (Wildman–Crippen LogP) is 13.1. The van der Waals surface area contributed by atoms with Crippen LogP contribution in [0.5, 0.6) is 0 Å². The zero-order valence-corrected chi connectivity index (χ0v) is 30.9. The molecule has 6 aromatic rings. The lowest BCUT2D eigenvalue weighted by Gasteiger charge is -2.38. The lowest BCUT2D eigenvalue weighted by Crippen LogP contribution is -2.33. The van der Waals surface area contributed by atoms with Crippen LogP contribution in [0.25, 0.3) is 38.5 Å². The Labute approximate surface area is 319 Å². The zero-order valence-electron chi connectivity index (χ0n) is 30.9. The summed E-state index contributed by atoms with van der Waals surface area (Å²) in [6.45, 7) is 0. The van der Waals surface area contributed by atoms with Gasteiger partial charge in [0.05, 0.1) is 11.6 Å². The van der Waals surface area contributed by atoms with Crippen molar-refractivity contribution in [2.24, 2.45) is 0 Å². The number of para-hydroxylation sites is 1. The molecule has 0 saturated heterocycles. The second kappa shape index (κ2) is 14.2. The van der Waals surface area contributed by atoms with Gasteiger partial charge in [0, 0.05) is 34.1 Å². The van der Waals surface area contributed by atoms with Crippen molar-refractivity contribution in [1.29, 1.82) is 0 Å². The summed E-state index contributed by atoms with van der Waals surface area (Å²) in [5, 5.41) is 4.04. The molecule has 0 aliphatic heterocycles. The Morgan fingerprint density at radius 3 is 2.26 bits per heavy atom. The molecule has 0 amide bonds. The van der Waals surface area contributed by atoms with Gasteiger partial charge in [0.1, 0.15) is 0 Å². The fourth-order valence-corrected chi connectivity index (χ4v) is 9.39. The van der Waals surface area contributed by atoms with Gasteiger partial charge < -0.3 is 9.47 Å². The Kier molecular flexibility index (Phi) is 8.60. The van der Waals surface area contributed by atoms with Crippen LogP contribution in [0.15, 0.2) is 181 Å². The minimum absolute atomic E-state index is 0.253. The van der Waals surface area contributed by atoms with Gasteiger partial charge in [-0.15, -0.1) is 0 Å². The summed E-state index contributed by atoms with van der Waals surface area (Å²) in [6.07, 6.45) is 28.3. The number of rotatable bonds is 7. The van der Waals surface area contributed by atoms with Gasteiger partial charge in [-0.05, 0) is 126 Å². The fraction of sp³-hybridized carbons (Fsp3) is 0.192. The summed E-state index contributed by atoms with van der Waals surface area (Å²) >= 11 is 0. The quantitative estimate of drug-likeness (QED) is 0.161. The Balaban J connectivity index is 0.945. The third-order valence-electron chi connectivity index (χ3n) is 12.2. The standard InChI is InChI=1S/C52H46N2/c1-2-11-37(12-3-1)39-23-29-45(30-24-39)53(47-33-27-41(28-34-47)44-22-21-38-13-4-5-14-42(38)35-44)46-31-25-40(26-32-46)43-15-10-16-48(36-43)54-51-19-8-6-17-49(51)50-18-7-9-20-52(50)54/h1-6,8,10-17,19,21-23,25-27,29,31,33-36,41,46H,7,9,18,20,24,28,30,32H2. The number of hydrogen-bond donors (Lipinski definition) is 0. The molecule has 0 spiro atoms. The maximum Gasteiger partial charge on any atom is 0.0557 e. The van der Waals surface area contributed by atoms with Gasteiger partial charge in [-0.1, -0.05) is 140 Å². The normalized spacial score (nSPS) is 19.6. The van der Waals surface area contributed by atoms with Crippen LogP contribution in [0.1, 0.15) is 72.4 Å². The molecule has 4 aliphatic carbocycles. The Morgan fingerprint density at radius 2 is 1.43 bits per heavy atom. The van der Waals surface area contributed by atoms with Crippen molar-refractivity contribution in [3.05, 3.63) is 209 Å². The number of aromatic nitrogens is 1. The van der Waals surface area contributed by atoms with E-state index in [0.717, 1.165) is 32.1 Å². The highest BCUT2D eigenvalue weighted by Crippen LogP contribution is 2.39. The minimum Gasteiger partial charge on any atom is -0.338 e. The van der Waals surface area contributed by atoms with Gasteiger partial charge in [-0.3, -0.25) is 0 Å². The fourth-order valence-electron chi connectivity index (χ4n) is 9.39. The molecule has 4 aliphatic rings. The van der Waals surface area contributed by atoms with E-state index in [1.165, 1.54) is 91.5 Å². The van der Waals surface area contributed by atoms with Crippen LogP contribution in [0.3, 0.4) is 0 Å². The van der Waals surface area contributed by atoms with E-state index in [4.69, 9.17) is 0 Å². The smallest absolute Gasteiger partial charge is 0.0557 e. The summed E-state index contributed by atoms with van der Waals surface area (Å²) in [7, 11) is 0. The molecule has 0 N–H and O–H groups in total. The van der Waals surface area contributed by atoms with Gasteiger partial charge >= 0.3 is 0 Å². The third kappa shape index (κ3) is 6.10. The van der Waals surface area contributed by atoms with E-state index in [0.29, 0.717) is 5.92 Å². The molecule has 54 heavy (non-hydrogen) atoms. The Bertz CT molecular complexity index is 2570. The average molecular weight is 699 g/mol. The molecule has 264 valence electrons. The number of fused-ring (bicyclic) bond motifs is 4. The molecular weight excluding hydrogens is 653 g/mol. The highest BCUT2D eigenvalue weighted by molar-refractivity contribution is 5.88. The van der Waals surface area contributed by atoms with Crippen LogP contribution in [-0.2, 0) is 12.8 Å². The Morgan fingerprint density at radius 1 is 0.593 bits per heavy atom. The van der Waals surface area contributed by atoms with Crippen molar-refractivity contribution in [2.45, 2.75) is 63.3 Å². The minimum atomic E-state index is 0.253. The van der Waals surface area contributed by atoms with Gasteiger partial charge in [-0.2, -0.15) is 0 Å². The van der Waals surface area contributed by atoms with Gasteiger partial charge in [0.2, 0.25) is 0 Å². The molecule has 0 saturated carbocycles. The molecule has 0 bridgehead atoms. The molecule has 2 atom stereocenters. The summed E-state index contributed by atoms with van der Waals surface area (Å²) in [5.41, 5.74) is 15.1. The molecular formula is C52H46N2. The summed E-state index contributed by atoms with van der Waals surface area (Å²) in [6, 6.07) is 45.0. The van der Waals surface area contributed by atoms with Gasteiger partial charge in [0.15, 0.2) is 0 Å². The van der Waals surface area contributed by atoms with Crippen LogP contribution in [0, 0.1) is 0 Å². The first-order chi connectivity index (χ1) is 26.8. The van der Waals surface area contributed by atoms with E-state index in [2.05, 4.69) is 179 Å². The maximum absolute atomic E-state index is 2.63. The SMILES string of the molecule is C1=CC(N(C2=CCC(c3ccc4ccccc4c3)C=C2)C2=CC=C(c3ccccc3)CC2)CC=C1c1cccc(-n2c3c(c4ccccc42)CCCC3)c1. The third-order valence-corrected chi connectivity index (χ3v) is 12.2. The molecule has 0 fully saturated rings. The van der Waals surface area contributed by atoms with Crippen LogP contribution >= 0.6 is 0 Å². The Hall–Kier alpha value is -5.86. The molecule has 2 unspecified atom stereocenters. The largest absolute Gasteiger partial charge is 0.338 e. The topological polar surface area (TPSA) is 8.17 Å². The maximum atomic E-state index is 2.63. The van der Waals surface area contributed by atoms with Crippen molar-refractivity contribution >= 4 is 32.8 Å². The summed E-state index contributed by atoms with van der Waals surface area (Å²) in [4.78, 5) is 2.63. The number of allylic oxidation sites excluding steroid dienone is 9. The zero-order chi connectivity index (χ0) is 35.8. The van der Waals surface area contributed by atoms with Gasteiger partial charge in [-0.25, -0.2) is 0 Å². The molecule has 2 heteroatoms. The lowest BCUT2D eigenvalue weighted by atomic mass is 9.88. The molecule has 1 heterocycles. The van der Waals surface area contributed by atoms with Crippen molar-refractivity contribution in [2.75, 3.05) is 0 Å². The monoisotopic (exact) mass is 698 g/mol. The highest BCUT2D eigenvalue weighted by Gasteiger charge is 2.27. The first-order valence-electron chi connectivity index (χ1n) is 20.0. The number of benzene rings is 5. The van der Waals surface area contributed by atoms with E-state index in [9.17, 15) is 0 Å². The second-order valence-corrected chi connectivity index (χ2v) is 15.4. The van der Waals surface area contributed by atoms with Crippen molar-refractivity contribution < 1.29 is 0 Å². The van der Waals surface area contributed by atoms with Gasteiger partial charge in [0.25, 0.3) is 0 Å². The predicted molar refractivity (Wildman–Crippen MR) is 228 cm³/mol. The van der Waals surface area contributed by atoms with E-state index in [1.807, 2.05) is 0 Å². The van der Waals surface area contributed by atoms with Crippen molar-refractivity contribution in [3.8, 4) is 5.69 Å². The molecule has 5 aromatic carbocycles. The van der Waals surface area contributed by atoms with Crippen LogP contribution in [-0.4, -0.2) is 15.5 Å². The van der Waals surface area contributed by atoms with Crippen LogP contribution in [0.2, 0.25) is 0 Å². The second-order valence-electron chi connectivity index (χ2n) is 15.4. The number of hydrogen-bond acceptors (Lipinski definition) is 1. The molecule has 10 rings (SSSR count). The first-order valence-corrected chi connectivity index (χ1v) is 20.0. The van der Waals surface area contributed by atoms with E-state index in [-0.39, 0.29) is 6.04 Å². The number of aryl methyl sites for hydroxylation is 1. The van der Waals surface area contributed by atoms with Crippen LogP contribution in [0.4, 0.5) is 0 Å². The first kappa shape index (κ1) is 32.8. The summed E-state index contributed by atoms with van der Waals surface area (Å²) in [5.74, 6) is 0.383. The summed E-state index contributed by atoms with van der Waals surface area (Å²) < 4.78 is 2.55. The molecule has 0 radical (unpaired) electrons. The molecule has 1 aromatic heterocycles. The average Bonchev–Trinajstić information content (AvgIpc) is 3.59. The van der Waals surface area contributed by atoms with Crippen molar-refractivity contribution in [3.63, 3.8) is 0 Å².